The molecule has 0 bridgehead atoms. The maximum absolute atomic E-state index is 5.96. The molecule has 0 spiro atoms. The Bertz CT molecular complexity index is 366. The van der Waals surface area contributed by atoms with Gasteiger partial charge >= 0.3 is 0 Å². The molecule has 0 fully saturated rings. The van der Waals surface area contributed by atoms with E-state index in [2.05, 4.69) is 47.2 Å². The Hall–Kier alpha value is -0.250. The number of rotatable bonds is 6. The van der Waals surface area contributed by atoms with Crippen LogP contribution in [0.5, 0.6) is 5.75 Å². The Labute approximate surface area is 117 Å². The minimum Gasteiger partial charge on any atom is -0.496 e. The standard InChI is InChI=1S/C13H19BrClNO/c1-4-13(2,9-15)16-8-10-5-6-12(17-3)11(14)7-10/h5-7,16H,4,8-9H2,1-3H3. The first-order valence-corrected chi connectivity index (χ1v) is 7.01. The molecule has 0 aliphatic rings. The zero-order valence-electron chi connectivity index (χ0n) is 10.5. The second-order valence-corrected chi connectivity index (χ2v) is 5.49. The van der Waals surface area contributed by atoms with Gasteiger partial charge in [-0.2, -0.15) is 0 Å². The summed E-state index contributed by atoms with van der Waals surface area (Å²) >= 11 is 9.45. The smallest absolute Gasteiger partial charge is 0.133 e. The van der Waals surface area contributed by atoms with Crippen LogP contribution in [0.2, 0.25) is 0 Å². The van der Waals surface area contributed by atoms with Crippen LogP contribution in [0.15, 0.2) is 22.7 Å². The molecule has 1 aromatic carbocycles. The first kappa shape index (κ1) is 14.8. The van der Waals surface area contributed by atoms with Gasteiger partial charge in [-0.1, -0.05) is 13.0 Å². The van der Waals surface area contributed by atoms with Crippen molar-refractivity contribution < 1.29 is 4.74 Å². The summed E-state index contributed by atoms with van der Waals surface area (Å²) < 4.78 is 6.17. The zero-order valence-corrected chi connectivity index (χ0v) is 12.9. The van der Waals surface area contributed by atoms with Crippen molar-refractivity contribution in [3.63, 3.8) is 0 Å². The Balaban J connectivity index is 2.67. The van der Waals surface area contributed by atoms with Crippen LogP contribution in [0, 0.1) is 0 Å². The summed E-state index contributed by atoms with van der Waals surface area (Å²) in [5.74, 6) is 1.46. The van der Waals surface area contributed by atoms with Crippen LogP contribution in [0.25, 0.3) is 0 Å². The molecule has 1 N–H and O–H groups in total. The number of alkyl halides is 1. The monoisotopic (exact) mass is 319 g/mol. The van der Waals surface area contributed by atoms with Crippen LogP contribution in [0.4, 0.5) is 0 Å². The van der Waals surface area contributed by atoms with Gasteiger partial charge in [-0.05, 0) is 47.0 Å². The maximum Gasteiger partial charge on any atom is 0.133 e. The molecule has 1 atom stereocenters. The third kappa shape index (κ3) is 4.16. The lowest BCUT2D eigenvalue weighted by atomic mass is 10.0. The molecule has 1 rings (SSSR count). The van der Waals surface area contributed by atoms with E-state index in [4.69, 9.17) is 16.3 Å². The van der Waals surface area contributed by atoms with Crippen LogP contribution in [-0.2, 0) is 6.54 Å². The van der Waals surface area contributed by atoms with Crippen LogP contribution < -0.4 is 10.1 Å². The number of hydrogen-bond donors (Lipinski definition) is 1. The summed E-state index contributed by atoms with van der Waals surface area (Å²) in [6.07, 6.45) is 1.01. The van der Waals surface area contributed by atoms with Gasteiger partial charge in [-0.25, -0.2) is 0 Å². The lowest BCUT2D eigenvalue weighted by molar-refractivity contribution is 0.379. The maximum atomic E-state index is 5.96. The number of hydrogen-bond acceptors (Lipinski definition) is 2. The van der Waals surface area contributed by atoms with Gasteiger partial charge in [-0.3, -0.25) is 0 Å². The first-order chi connectivity index (χ1) is 8.04. The van der Waals surface area contributed by atoms with E-state index in [1.165, 1.54) is 5.56 Å². The molecule has 17 heavy (non-hydrogen) atoms. The van der Waals surface area contributed by atoms with Crippen molar-refractivity contribution in [2.75, 3.05) is 13.0 Å². The highest BCUT2D eigenvalue weighted by molar-refractivity contribution is 9.10. The molecule has 1 unspecified atom stereocenters. The molecule has 0 aliphatic carbocycles. The molecule has 0 saturated heterocycles. The molecule has 0 aromatic heterocycles. The predicted molar refractivity (Wildman–Crippen MR) is 76.9 cm³/mol. The molecule has 0 saturated carbocycles. The number of benzene rings is 1. The minimum absolute atomic E-state index is 0.00599. The van der Waals surface area contributed by atoms with Crippen molar-refractivity contribution in [2.24, 2.45) is 0 Å². The predicted octanol–water partition coefficient (Wildman–Crippen LogP) is 3.95. The van der Waals surface area contributed by atoms with Crippen molar-refractivity contribution >= 4 is 27.5 Å². The molecule has 0 amide bonds. The quantitative estimate of drug-likeness (QED) is 0.801. The van der Waals surface area contributed by atoms with Crippen molar-refractivity contribution in [2.45, 2.75) is 32.4 Å². The van der Waals surface area contributed by atoms with E-state index in [1.807, 2.05) is 6.07 Å². The molecule has 0 aliphatic heterocycles. The van der Waals surface area contributed by atoms with E-state index in [9.17, 15) is 0 Å². The van der Waals surface area contributed by atoms with Crippen LogP contribution >= 0.6 is 27.5 Å². The van der Waals surface area contributed by atoms with E-state index in [0.29, 0.717) is 5.88 Å². The molecule has 96 valence electrons. The van der Waals surface area contributed by atoms with Gasteiger partial charge in [0, 0.05) is 18.0 Å². The van der Waals surface area contributed by atoms with E-state index in [0.717, 1.165) is 23.2 Å². The minimum atomic E-state index is -0.00599. The normalized spacial score (nSPS) is 14.4. The lowest BCUT2D eigenvalue weighted by Crippen LogP contribution is -2.42. The molecule has 0 radical (unpaired) electrons. The molecular formula is C13H19BrClNO. The summed E-state index contributed by atoms with van der Waals surface area (Å²) in [5.41, 5.74) is 1.20. The van der Waals surface area contributed by atoms with Gasteiger partial charge in [0.05, 0.1) is 11.6 Å². The Morgan fingerprint density at radius 1 is 1.47 bits per heavy atom. The summed E-state index contributed by atoms with van der Waals surface area (Å²) in [5, 5.41) is 3.48. The number of methoxy groups -OCH3 is 1. The third-order valence-electron chi connectivity index (χ3n) is 3.01. The van der Waals surface area contributed by atoms with E-state index < -0.39 is 0 Å². The van der Waals surface area contributed by atoms with Gasteiger partial charge in [0.2, 0.25) is 0 Å². The van der Waals surface area contributed by atoms with Crippen LogP contribution in [0.1, 0.15) is 25.8 Å². The highest BCUT2D eigenvalue weighted by Crippen LogP contribution is 2.25. The Morgan fingerprint density at radius 2 is 2.18 bits per heavy atom. The fourth-order valence-corrected chi connectivity index (χ4v) is 2.27. The van der Waals surface area contributed by atoms with Crippen LogP contribution in [-0.4, -0.2) is 18.5 Å². The van der Waals surface area contributed by atoms with Gasteiger partial charge in [0.1, 0.15) is 5.75 Å². The van der Waals surface area contributed by atoms with E-state index in [1.54, 1.807) is 7.11 Å². The Kier molecular flexibility index (Phi) is 5.77. The van der Waals surface area contributed by atoms with E-state index >= 15 is 0 Å². The van der Waals surface area contributed by atoms with Crippen LogP contribution in [0.3, 0.4) is 0 Å². The van der Waals surface area contributed by atoms with Gasteiger partial charge < -0.3 is 10.1 Å². The summed E-state index contributed by atoms with van der Waals surface area (Å²) in [6.45, 7) is 5.08. The number of nitrogens with one attached hydrogen (secondary N) is 1. The summed E-state index contributed by atoms with van der Waals surface area (Å²) in [6, 6.07) is 6.09. The summed E-state index contributed by atoms with van der Waals surface area (Å²) in [7, 11) is 1.67. The fraction of sp³-hybridized carbons (Fsp3) is 0.538. The first-order valence-electron chi connectivity index (χ1n) is 5.68. The zero-order chi connectivity index (χ0) is 12.9. The summed E-state index contributed by atoms with van der Waals surface area (Å²) in [4.78, 5) is 0. The average molecular weight is 321 g/mol. The molecule has 1 aromatic rings. The highest BCUT2D eigenvalue weighted by atomic mass is 79.9. The number of ether oxygens (including phenoxy) is 1. The molecule has 0 heterocycles. The Morgan fingerprint density at radius 3 is 2.65 bits per heavy atom. The van der Waals surface area contributed by atoms with Crippen molar-refractivity contribution in [3.8, 4) is 5.75 Å². The van der Waals surface area contributed by atoms with Crippen molar-refractivity contribution in [3.05, 3.63) is 28.2 Å². The van der Waals surface area contributed by atoms with Crippen molar-refractivity contribution in [1.82, 2.24) is 5.32 Å². The largest absolute Gasteiger partial charge is 0.496 e. The number of halogens is 2. The second-order valence-electron chi connectivity index (χ2n) is 4.37. The topological polar surface area (TPSA) is 21.3 Å². The van der Waals surface area contributed by atoms with Gasteiger partial charge in [0.15, 0.2) is 0 Å². The fourth-order valence-electron chi connectivity index (χ4n) is 1.40. The molecule has 4 heteroatoms. The second kappa shape index (κ2) is 6.62. The molecule has 2 nitrogen and oxygen atoms in total. The SMILES string of the molecule is CCC(C)(CCl)NCc1ccc(OC)c(Br)c1. The lowest BCUT2D eigenvalue weighted by Gasteiger charge is -2.27. The highest BCUT2D eigenvalue weighted by Gasteiger charge is 2.19. The average Bonchev–Trinajstić information content (AvgIpc) is 2.36. The molecular weight excluding hydrogens is 302 g/mol. The van der Waals surface area contributed by atoms with Gasteiger partial charge in [0.25, 0.3) is 0 Å². The van der Waals surface area contributed by atoms with Gasteiger partial charge in [-0.15, -0.1) is 11.6 Å². The third-order valence-corrected chi connectivity index (χ3v) is 4.22. The van der Waals surface area contributed by atoms with E-state index in [-0.39, 0.29) is 5.54 Å². The van der Waals surface area contributed by atoms with Crippen molar-refractivity contribution in [1.29, 1.82) is 0 Å².